The molecule has 0 aromatic heterocycles. The third-order valence-corrected chi connectivity index (χ3v) is 3.92. The van der Waals surface area contributed by atoms with Crippen LogP contribution in [-0.2, 0) is 11.3 Å². The number of nitrogens with zero attached hydrogens (tertiary/aromatic N) is 2. The average Bonchev–Trinajstić information content (AvgIpc) is 2.43. The number of rotatable bonds is 4. The van der Waals surface area contributed by atoms with Gasteiger partial charge in [-0.1, -0.05) is 19.1 Å². The molecule has 4 nitrogen and oxygen atoms in total. The van der Waals surface area contributed by atoms with Gasteiger partial charge >= 0.3 is 0 Å². The Morgan fingerprint density at radius 3 is 2.80 bits per heavy atom. The predicted octanol–water partition coefficient (Wildman–Crippen LogP) is 2.59. The van der Waals surface area contributed by atoms with Crippen molar-refractivity contribution >= 4 is 5.91 Å². The molecule has 1 aromatic carbocycles. The fraction of sp³-hybridized carbons (Fsp3) is 0.500. The molecule has 1 amide bonds. The van der Waals surface area contributed by atoms with Crippen LogP contribution in [0.15, 0.2) is 24.3 Å². The van der Waals surface area contributed by atoms with Gasteiger partial charge < -0.3 is 9.64 Å². The van der Waals surface area contributed by atoms with E-state index < -0.39 is 5.41 Å². The second-order valence-corrected chi connectivity index (χ2v) is 5.72. The first kappa shape index (κ1) is 14.4. The number of hydrogen-bond acceptors (Lipinski definition) is 3. The highest BCUT2D eigenvalue weighted by Crippen LogP contribution is 2.46. The molecule has 0 radical (unpaired) electrons. The Morgan fingerprint density at radius 1 is 1.55 bits per heavy atom. The lowest BCUT2D eigenvalue weighted by Crippen LogP contribution is -2.48. The molecule has 106 valence electrons. The minimum atomic E-state index is -0.799. The summed E-state index contributed by atoms with van der Waals surface area (Å²) >= 11 is 0. The summed E-state index contributed by atoms with van der Waals surface area (Å²) < 4.78 is 5.18. The summed E-state index contributed by atoms with van der Waals surface area (Å²) in [5.41, 5.74) is 0.202. The van der Waals surface area contributed by atoms with Crippen LogP contribution in [0.4, 0.5) is 0 Å². The number of carbonyl (C=O) groups is 1. The molecule has 0 heterocycles. The first-order chi connectivity index (χ1) is 9.50. The molecule has 0 saturated heterocycles. The van der Waals surface area contributed by atoms with Gasteiger partial charge in [-0.05, 0) is 36.5 Å². The summed E-state index contributed by atoms with van der Waals surface area (Å²) in [4.78, 5) is 14.1. The highest BCUT2D eigenvalue weighted by atomic mass is 16.5. The van der Waals surface area contributed by atoms with E-state index in [4.69, 9.17) is 4.74 Å². The van der Waals surface area contributed by atoms with Gasteiger partial charge in [0.25, 0.3) is 0 Å². The molecule has 1 saturated carbocycles. The van der Waals surface area contributed by atoms with Crippen molar-refractivity contribution in [1.82, 2.24) is 4.90 Å². The average molecular weight is 272 g/mol. The Hall–Kier alpha value is -2.02. The zero-order valence-electron chi connectivity index (χ0n) is 12.2. The summed E-state index contributed by atoms with van der Waals surface area (Å²) in [7, 11) is 3.37. The minimum Gasteiger partial charge on any atom is -0.497 e. The highest BCUT2D eigenvalue weighted by molar-refractivity contribution is 5.86. The van der Waals surface area contributed by atoms with E-state index in [0.717, 1.165) is 11.3 Å². The quantitative estimate of drug-likeness (QED) is 0.846. The van der Waals surface area contributed by atoms with E-state index in [-0.39, 0.29) is 5.91 Å². The summed E-state index contributed by atoms with van der Waals surface area (Å²) in [6.45, 7) is 2.57. The Kier molecular flexibility index (Phi) is 3.99. The number of amides is 1. The Morgan fingerprint density at radius 2 is 2.25 bits per heavy atom. The van der Waals surface area contributed by atoms with Crippen LogP contribution in [0, 0.1) is 22.7 Å². The van der Waals surface area contributed by atoms with E-state index in [1.54, 1.807) is 19.1 Å². The first-order valence-corrected chi connectivity index (χ1v) is 6.80. The molecule has 4 heteroatoms. The molecule has 1 fully saturated rings. The summed E-state index contributed by atoms with van der Waals surface area (Å²) in [5, 5.41) is 9.30. The maximum atomic E-state index is 12.5. The largest absolute Gasteiger partial charge is 0.497 e. The van der Waals surface area contributed by atoms with Crippen LogP contribution in [0.3, 0.4) is 0 Å². The summed E-state index contributed by atoms with van der Waals surface area (Å²) in [6.07, 6.45) is 1.34. The lowest BCUT2D eigenvalue weighted by molar-refractivity contribution is -0.144. The molecule has 0 aliphatic heterocycles. The van der Waals surface area contributed by atoms with Crippen molar-refractivity contribution in [2.24, 2.45) is 11.3 Å². The lowest BCUT2D eigenvalue weighted by Gasteiger charge is -2.41. The number of hydrogen-bond donors (Lipinski definition) is 0. The predicted molar refractivity (Wildman–Crippen MR) is 75.9 cm³/mol. The zero-order chi connectivity index (χ0) is 14.8. The van der Waals surface area contributed by atoms with Gasteiger partial charge in [-0.3, -0.25) is 4.79 Å². The number of ether oxygens (including phenoxy) is 1. The molecule has 0 spiro atoms. The molecule has 0 unspecified atom stereocenters. The number of carbonyl (C=O) groups excluding carboxylic acids is 1. The van der Waals surface area contributed by atoms with E-state index in [1.165, 1.54) is 0 Å². The third-order valence-electron chi connectivity index (χ3n) is 3.92. The van der Waals surface area contributed by atoms with Crippen molar-refractivity contribution in [3.63, 3.8) is 0 Å². The van der Waals surface area contributed by atoms with Gasteiger partial charge in [-0.25, -0.2) is 0 Å². The number of methoxy groups -OCH3 is 1. The van der Waals surface area contributed by atoms with Crippen LogP contribution in [0.5, 0.6) is 5.75 Å². The maximum absolute atomic E-state index is 12.5. The molecule has 1 aromatic rings. The van der Waals surface area contributed by atoms with Gasteiger partial charge in [-0.2, -0.15) is 5.26 Å². The third kappa shape index (κ3) is 2.62. The zero-order valence-corrected chi connectivity index (χ0v) is 12.2. The Bertz CT molecular complexity index is 542. The molecule has 0 atom stereocenters. The Balaban J connectivity index is 2.06. The van der Waals surface area contributed by atoms with Crippen LogP contribution in [0.25, 0.3) is 0 Å². The van der Waals surface area contributed by atoms with Crippen LogP contribution in [0.1, 0.15) is 25.3 Å². The number of benzene rings is 1. The van der Waals surface area contributed by atoms with E-state index in [2.05, 4.69) is 13.0 Å². The molecule has 0 bridgehead atoms. The SMILES string of the molecule is COc1cccc(CN(C)C(=O)C2(C#N)CC(C)C2)c1. The molecular formula is C16H20N2O2. The van der Waals surface area contributed by atoms with E-state index >= 15 is 0 Å². The second kappa shape index (κ2) is 5.54. The van der Waals surface area contributed by atoms with Gasteiger partial charge in [0.1, 0.15) is 11.2 Å². The van der Waals surface area contributed by atoms with Crippen LogP contribution in [-0.4, -0.2) is 25.0 Å². The van der Waals surface area contributed by atoms with Crippen molar-refractivity contribution in [2.75, 3.05) is 14.2 Å². The van der Waals surface area contributed by atoms with Crippen molar-refractivity contribution in [3.05, 3.63) is 29.8 Å². The molecule has 20 heavy (non-hydrogen) atoms. The van der Waals surface area contributed by atoms with Gasteiger partial charge in [0.2, 0.25) is 5.91 Å². The van der Waals surface area contributed by atoms with Crippen LogP contribution in [0.2, 0.25) is 0 Å². The van der Waals surface area contributed by atoms with Gasteiger partial charge in [-0.15, -0.1) is 0 Å². The topological polar surface area (TPSA) is 53.3 Å². The minimum absolute atomic E-state index is 0.0686. The van der Waals surface area contributed by atoms with Crippen molar-refractivity contribution in [3.8, 4) is 11.8 Å². The van der Waals surface area contributed by atoms with E-state index in [1.807, 2.05) is 24.3 Å². The lowest BCUT2D eigenvalue weighted by atomic mass is 9.63. The highest BCUT2D eigenvalue weighted by Gasteiger charge is 2.50. The molecular weight excluding hydrogens is 252 g/mol. The van der Waals surface area contributed by atoms with Crippen molar-refractivity contribution < 1.29 is 9.53 Å². The second-order valence-electron chi connectivity index (χ2n) is 5.72. The summed E-state index contributed by atoms with van der Waals surface area (Å²) in [6, 6.07) is 9.85. The van der Waals surface area contributed by atoms with E-state index in [0.29, 0.717) is 25.3 Å². The fourth-order valence-corrected chi connectivity index (χ4v) is 2.93. The summed E-state index contributed by atoms with van der Waals surface area (Å²) in [5.74, 6) is 1.17. The van der Waals surface area contributed by atoms with Crippen molar-refractivity contribution in [2.45, 2.75) is 26.3 Å². The van der Waals surface area contributed by atoms with Gasteiger partial charge in [0.05, 0.1) is 13.2 Å². The smallest absolute Gasteiger partial charge is 0.243 e. The monoisotopic (exact) mass is 272 g/mol. The first-order valence-electron chi connectivity index (χ1n) is 6.80. The molecule has 2 rings (SSSR count). The molecule has 1 aliphatic carbocycles. The Labute approximate surface area is 120 Å². The van der Waals surface area contributed by atoms with Crippen molar-refractivity contribution in [1.29, 1.82) is 5.26 Å². The van der Waals surface area contributed by atoms with E-state index in [9.17, 15) is 10.1 Å². The van der Waals surface area contributed by atoms with Crippen LogP contribution < -0.4 is 4.74 Å². The van der Waals surface area contributed by atoms with Crippen LogP contribution >= 0.6 is 0 Å². The van der Waals surface area contributed by atoms with Gasteiger partial charge in [0.15, 0.2) is 0 Å². The number of nitriles is 1. The standard InChI is InChI=1S/C16H20N2O2/c1-12-8-16(9-12,11-17)15(19)18(2)10-13-5-4-6-14(7-13)20-3/h4-7,12H,8-10H2,1-3H3. The molecule has 0 N–H and O–H groups in total. The normalized spacial score (nSPS) is 24.4. The molecule has 1 aliphatic rings. The van der Waals surface area contributed by atoms with Gasteiger partial charge in [0, 0.05) is 13.6 Å². The maximum Gasteiger partial charge on any atom is 0.243 e. The fourth-order valence-electron chi connectivity index (χ4n) is 2.93.